The highest BCUT2D eigenvalue weighted by Gasteiger charge is 2.35. The van der Waals surface area contributed by atoms with Crippen LogP contribution in [0.4, 0.5) is 0 Å². The molecule has 1 N–H and O–H groups in total. The summed E-state index contributed by atoms with van der Waals surface area (Å²) >= 11 is 6.03. The Balaban J connectivity index is 1.80. The summed E-state index contributed by atoms with van der Waals surface area (Å²) in [6.07, 6.45) is 3.56. The van der Waals surface area contributed by atoms with Crippen LogP contribution in [0.2, 0.25) is 5.02 Å². The van der Waals surface area contributed by atoms with Gasteiger partial charge in [-0.1, -0.05) is 35.9 Å². The van der Waals surface area contributed by atoms with Gasteiger partial charge in [-0.25, -0.2) is 4.79 Å². The summed E-state index contributed by atoms with van der Waals surface area (Å²) in [4.78, 5) is 29.5. The van der Waals surface area contributed by atoms with Crippen LogP contribution in [0.3, 0.4) is 0 Å². The lowest BCUT2D eigenvalue weighted by atomic mass is 9.85. The van der Waals surface area contributed by atoms with Crippen LogP contribution >= 0.6 is 11.6 Å². The van der Waals surface area contributed by atoms with Crippen LogP contribution in [0, 0.1) is 11.3 Å². The Hall–Kier alpha value is -3.69. The normalized spacial score (nSPS) is 12.8. The number of carbonyl (C=O) groups excluding carboxylic acids is 2. The minimum absolute atomic E-state index is 0.136. The van der Waals surface area contributed by atoms with Gasteiger partial charge in [-0.3, -0.25) is 9.78 Å². The van der Waals surface area contributed by atoms with Crippen molar-refractivity contribution in [3.63, 3.8) is 0 Å². The second kappa shape index (κ2) is 11.0. The topological polar surface area (TPSA) is 92.1 Å². The third-order valence-electron chi connectivity index (χ3n) is 5.57. The van der Waals surface area contributed by atoms with E-state index in [0.29, 0.717) is 17.0 Å². The Morgan fingerprint density at radius 2 is 1.88 bits per heavy atom. The number of nitriles is 1. The van der Waals surface area contributed by atoms with E-state index < -0.39 is 17.5 Å². The maximum atomic E-state index is 13.1. The maximum absolute atomic E-state index is 13.1. The zero-order valence-electron chi connectivity index (χ0n) is 19.3. The van der Waals surface area contributed by atoms with Gasteiger partial charge in [0, 0.05) is 29.4 Å². The summed E-state index contributed by atoms with van der Waals surface area (Å²) in [6, 6.07) is 19.9. The molecule has 0 aliphatic carbocycles. The Morgan fingerprint density at radius 1 is 1.15 bits per heavy atom. The van der Waals surface area contributed by atoms with Crippen molar-refractivity contribution in [2.24, 2.45) is 0 Å². The molecule has 3 rings (SSSR count). The minimum Gasteiger partial charge on any atom is -0.446 e. The summed E-state index contributed by atoms with van der Waals surface area (Å²) in [5.41, 5.74) is 1.38. The van der Waals surface area contributed by atoms with Crippen molar-refractivity contribution < 1.29 is 14.3 Å². The fourth-order valence-corrected chi connectivity index (χ4v) is 3.72. The van der Waals surface area contributed by atoms with E-state index in [-0.39, 0.29) is 17.5 Å². The number of benzene rings is 2. The first-order valence-corrected chi connectivity index (χ1v) is 11.3. The SMILES string of the molecule is CC(NC(=O)C(C)(C)OC(=O)c1cccnc1)C(Cc1ccc(Cl)cc1)c1cccc(C#N)c1. The third kappa shape index (κ3) is 6.43. The van der Waals surface area contributed by atoms with Gasteiger partial charge in [0.15, 0.2) is 5.60 Å². The Morgan fingerprint density at radius 3 is 2.53 bits per heavy atom. The molecule has 0 radical (unpaired) electrons. The van der Waals surface area contributed by atoms with E-state index in [1.54, 1.807) is 38.2 Å². The first kappa shape index (κ1) is 24.9. The number of aromatic nitrogens is 1. The van der Waals surface area contributed by atoms with E-state index in [9.17, 15) is 14.9 Å². The van der Waals surface area contributed by atoms with Crippen LogP contribution in [0.15, 0.2) is 73.1 Å². The Labute approximate surface area is 204 Å². The number of pyridine rings is 1. The standard InChI is InChI=1S/C27H26ClN3O3/c1-18(31-26(33)27(2,3)34-25(32)22-8-5-13-30-17-22)24(15-19-9-11-23(28)12-10-19)21-7-4-6-20(14-21)16-29/h4-14,17-18,24H,15H2,1-3H3,(H,31,33). The number of hydrogen-bond acceptors (Lipinski definition) is 5. The molecular weight excluding hydrogens is 450 g/mol. The molecule has 1 amide bonds. The number of rotatable bonds is 8. The summed E-state index contributed by atoms with van der Waals surface area (Å²) in [5.74, 6) is -1.18. The molecule has 7 heteroatoms. The fraction of sp³-hybridized carbons (Fsp3) is 0.259. The number of ether oxygens (including phenoxy) is 1. The summed E-state index contributed by atoms with van der Waals surface area (Å²) in [6.45, 7) is 5.00. The van der Waals surface area contributed by atoms with Gasteiger partial charge < -0.3 is 10.1 Å². The molecule has 2 aromatic carbocycles. The second-order valence-electron chi connectivity index (χ2n) is 8.58. The molecular formula is C27H26ClN3O3. The van der Waals surface area contributed by atoms with Gasteiger partial charge in [0.2, 0.25) is 0 Å². The molecule has 0 bridgehead atoms. The lowest BCUT2D eigenvalue weighted by Crippen LogP contribution is -2.50. The molecule has 0 aliphatic heterocycles. The van der Waals surface area contributed by atoms with E-state index in [0.717, 1.165) is 11.1 Å². The predicted molar refractivity (Wildman–Crippen MR) is 130 cm³/mol. The van der Waals surface area contributed by atoms with E-state index in [4.69, 9.17) is 16.3 Å². The van der Waals surface area contributed by atoms with Gasteiger partial charge in [-0.2, -0.15) is 5.26 Å². The lowest BCUT2D eigenvalue weighted by Gasteiger charge is -2.30. The highest BCUT2D eigenvalue weighted by molar-refractivity contribution is 6.30. The van der Waals surface area contributed by atoms with Crippen molar-refractivity contribution in [2.45, 2.75) is 44.8 Å². The van der Waals surface area contributed by atoms with Crippen LogP contribution < -0.4 is 5.32 Å². The van der Waals surface area contributed by atoms with Gasteiger partial charge in [0.05, 0.1) is 17.2 Å². The third-order valence-corrected chi connectivity index (χ3v) is 5.82. The Kier molecular flexibility index (Phi) is 8.04. The number of nitrogens with one attached hydrogen (secondary N) is 1. The predicted octanol–water partition coefficient (Wildman–Crippen LogP) is 5.07. The summed E-state index contributed by atoms with van der Waals surface area (Å²) < 4.78 is 5.49. The molecule has 1 heterocycles. The minimum atomic E-state index is -1.40. The average molecular weight is 476 g/mol. The van der Waals surface area contributed by atoms with Crippen molar-refractivity contribution in [3.8, 4) is 6.07 Å². The average Bonchev–Trinajstić information content (AvgIpc) is 2.83. The molecule has 1 aromatic heterocycles. The second-order valence-corrected chi connectivity index (χ2v) is 9.01. The van der Waals surface area contributed by atoms with E-state index in [2.05, 4.69) is 16.4 Å². The van der Waals surface area contributed by atoms with Gasteiger partial charge in [0.25, 0.3) is 5.91 Å². The Bertz CT molecular complexity index is 1190. The molecule has 2 unspecified atom stereocenters. The number of carbonyl (C=O) groups is 2. The molecule has 6 nitrogen and oxygen atoms in total. The van der Waals surface area contributed by atoms with E-state index >= 15 is 0 Å². The number of nitrogens with zero attached hydrogens (tertiary/aromatic N) is 2. The highest BCUT2D eigenvalue weighted by Crippen LogP contribution is 2.27. The lowest BCUT2D eigenvalue weighted by molar-refractivity contribution is -0.138. The zero-order valence-corrected chi connectivity index (χ0v) is 20.0. The first-order valence-electron chi connectivity index (χ1n) is 10.9. The van der Waals surface area contributed by atoms with Gasteiger partial charge in [0.1, 0.15) is 0 Å². The molecule has 0 fully saturated rings. The smallest absolute Gasteiger partial charge is 0.340 e. The summed E-state index contributed by atoms with van der Waals surface area (Å²) in [7, 11) is 0. The molecule has 174 valence electrons. The number of esters is 1. The van der Waals surface area contributed by atoms with Gasteiger partial charge in [-0.05, 0) is 74.7 Å². The van der Waals surface area contributed by atoms with Crippen LogP contribution in [0.1, 0.15) is 53.7 Å². The molecule has 0 saturated carbocycles. The van der Waals surface area contributed by atoms with Gasteiger partial charge in [-0.15, -0.1) is 0 Å². The van der Waals surface area contributed by atoms with Crippen LogP contribution in [0.25, 0.3) is 0 Å². The van der Waals surface area contributed by atoms with Crippen molar-refractivity contribution in [1.82, 2.24) is 10.3 Å². The molecule has 0 spiro atoms. The molecule has 2 atom stereocenters. The van der Waals surface area contributed by atoms with Crippen LogP contribution in [-0.2, 0) is 16.0 Å². The molecule has 0 saturated heterocycles. The quantitative estimate of drug-likeness (QED) is 0.459. The van der Waals surface area contributed by atoms with E-state index in [1.165, 1.54) is 6.20 Å². The number of halogens is 1. The first-order chi connectivity index (χ1) is 16.2. The van der Waals surface area contributed by atoms with Crippen LogP contribution in [-0.4, -0.2) is 28.5 Å². The van der Waals surface area contributed by atoms with Crippen molar-refractivity contribution in [1.29, 1.82) is 5.26 Å². The molecule has 3 aromatic rings. The number of amides is 1. The molecule has 0 aliphatic rings. The van der Waals surface area contributed by atoms with Crippen LogP contribution in [0.5, 0.6) is 0 Å². The highest BCUT2D eigenvalue weighted by atomic mass is 35.5. The molecule has 34 heavy (non-hydrogen) atoms. The van der Waals surface area contributed by atoms with Crippen molar-refractivity contribution in [3.05, 3.63) is 100 Å². The van der Waals surface area contributed by atoms with Crippen molar-refractivity contribution in [2.75, 3.05) is 0 Å². The van der Waals surface area contributed by atoms with E-state index in [1.807, 2.05) is 49.4 Å². The number of hydrogen-bond donors (Lipinski definition) is 1. The fourth-order valence-electron chi connectivity index (χ4n) is 3.60. The zero-order chi connectivity index (χ0) is 24.7. The summed E-state index contributed by atoms with van der Waals surface area (Å²) in [5, 5.41) is 13.0. The van der Waals surface area contributed by atoms with Gasteiger partial charge >= 0.3 is 5.97 Å². The maximum Gasteiger partial charge on any atom is 0.340 e. The largest absolute Gasteiger partial charge is 0.446 e. The van der Waals surface area contributed by atoms with Crippen molar-refractivity contribution >= 4 is 23.5 Å². The monoisotopic (exact) mass is 475 g/mol.